The van der Waals surface area contributed by atoms with Gasteiger partial charge in [0.2, 0.25) is 0 Å². The van der Waals surface area contributed by atoms with Crippen LogP contribution in [0.25, 0.3) is 5.70 Å². The van der Waals surface area contributed by atoms with Crippen LogP contribution in [-0.2, 0) is 0 Å². The normalized spacial score (nSPS) is 9.80. The van der Waals surface area contributed by atoms with Gasteiger partial charge in [-0.05, 0) is 36.4 Å². The summed E-state index contributed by atoms with van der Waals surface area (Å²) in [6.07, 6.45) is 0. The molecule has 0 aliphatic heterocycles. The van der Waals surface area contributed by atoms with E-state index >= 15 is 0 Å². The van der Waals surface area contributed by atoms with Gasteiger partial charge in [-0.15, -0.1) is 0 Å². The summed E-state index contributed by atoms with van der Waals surface area (Å²) in [6, 6.07) is 12.5. The van der Waals surface area contributed by atoms with Gasteiger partial charge in [0.1, 0.15) is 11.5 Å². The second kappa shape index (κ2) is 5.79. The van der Waals surface area contributed by atoms with Gasteiger partial charge >= 0.3 is 0 Å². The van der Waals surface area contributed by atoms with Crippen LogP contribution < -0.4 is 10.9 Å². The Hall–Kier alpha value is -2.95. The van der Waals surface area contributed by atoms with Crippen molar-refractivity contribution in [3.05, 3.63) is 66.2 Å². The average Bonchev–Trinajstić information content (AvgIpc) is 2.45. The molecule has 0 aromatic heterocycles. The summed E-state index contributed by atoms with van der Waals surface area (Å²) in [7, 11) is 0. The molecular weight excluding hydrogens is 256 g/mol. The number of phenols is 2. The summed E-state index contributed by atoms with van der Waals surface area (Å²) < 4.78 is 0. The Morgan fingerprint density at radius 2 is 1.60 bits per heavy atom. The van der Waals surface area contributed by atoms with E-state index in [0.29, 0.717) is 16.8 Å². The fraction of sp³-hybridized carbons (Fsp3) is 0. The molecule has 0 saturated carbocycles. The first-order chi connectivity index (χ1) is 9.58. The number of phenolic OH excluding ortho intramolecular Hbond substituents is 2. The second-order valence-electron chi connectivity index (χ2n) is 4.12. The summed E-state index contributed by atoms with van der Waals surface area (Å²) in [5.41, 5.74) is 6.36. The van der Waals surface area contributed by atoms with E-state index < -0.39 is 0 Å². The molecule has 0 atom stereocenters. The molecule has 0 aliphatic carbocycles. The number of aromatic hydroxyl groups is 2. The summed E-state index contributed by atoms with van der Waals surface area (Å²) in [4.78, 5) is 11.8. The zero-order valence-electron chi connectivity index (χ0n) is 10.6. The highest BCUT2D eigenvalue weighted by Crippen LogP contribution is 2.20. The van der Waals surface area contributed by atoms with E-state index in [4.69, 9.17) is 5.11 Å². The lowest BCUT2D eigenvalue weighted by molar-refractivity contribution is 0.0942. The average molecular weight is 270 g/mol. The number of hydrogen-bond acceptors (Lipinski definition) is 4. The monoisotopic (exact) mass is 270 g/mol. The van der Waals surface area contributed by atoms with Crippen molar-refractivity contribution in [3.63, 3.8) is 0 Å². The zero-order valence-corrected chi connectivity index (χ0v) is 10.6. The predicted octanol–water partition coefficient (Wildman–Crippen LogP) is 2.00. The number of carbonyl (C=O) groups is 1. The number of hydrazine groups is 1. The molecule has 0 spiro atoms. The lowest BCUT2D eigenvalue weighted by Crippen LogP contribution is -2.35. The highest BCUT2D eigenvalue weighted by Gasteiger charge is 2.07. The smallest absolute Gasteiger partial charge is 0.269 e. The van der Waals surface area contributed by atoms with Crippen LogP contribution in [0.5, 0.6) is 11.5 Å². The van der Waals surface area contributed by atoms with Crippen LogP contribution in [0.4, 0.5) is 0 Å². The van der Waals surface area contributed by atoms with Crippen LogP contribution in [0.3, 0.4) is 0 Å². The number of hydrogen-bond donors (Lipinski definition) is 4. The predicted molar refractivity (Wildman–Crippen MR) is 75.8 cm³/mol. The third-order valence-corrected chi connectivity index (χ3v) is 2.69. The zero-order chi connectivity index (χ0) is 14.5. The molecule has 0 aliphatic rings. The maximum absolute atomic E-state index is 11.8. The Morgan fingerprint density at radius 3 is 2.25 bits per heavy atom. The van der Waals surface area contributed by atoms with E-state index in [1.54, 1.807) is 18.2 Å². The molecule has 20 heavy (non-hydrogen) atoms. The quantitative estimate of drug-likeness (QED) is 0.640. The van der Waals surface area contributed by atoms with Crippen molar-refractivity contribution in [3.8, 4) is 11.5 Å². The summed E-state index contributed by atoms with van der Waals surface area (Å²) in [5.74, 6) is -0.210. The maximum Gasteiger partial charge on any atom is 0.269 e. The van der Waals surface area contributed by atoms with Crippen LogP contribution in [0.1, 0.15) is 15.9 Å². The van der Waals surface area contributed by atoms with E-state index in [2.05, 4.69) is 17.4 Å². The van der Waals surface area contributed by atoms with Crippen LogP contribution in [0.15, 0.2) is 55.1 Å². The van der Waals surface area contributed by atoms with Crippen molar-refractivity contribution in [2.24, 2.45) is 0 Å². The molecule has 0 unspecified atom stereocenters. The summed E-state index contributed by atoms with van der Waals surface area (Å²) in [6.45, 7) is 3.74. The van der Waals surface area contributed by atoms with Crippen molar-refractivity contribution in [1.82, 2.24) is 10.9 Å². The molecule has 2 aromatic rings. The first-order valence-electron chi connectivity index (χ1n) is 5.90. The number of carbonyl (C=O) groups excluding carboxylic acids is 1. The van der Waals surface area contributed by atoms with Crippen LogP contribution in [-0.4, -0.2) is 16.1 Å². The minimum atomic E-state index is -0.374. The SMILES string of the molecule is C=C(NNC(=O)c1ccc(O)cc1)c1ccccc1O. The summed E-state index contributed by atoms with van der Waals surface area (Å²) >= 11 is 0. The fourth-order valence-electron chi connectivity index (χ4n) is 1.61. The van der Waals surface area contributed by atoms with Gasteiger partial charge in [-0.2, -0.15) is 0 Å². The fourth-order valence-corrected chi connectivity index (χ4v) is 1.61. The van der Waals surface area contributed by atoms with Crippen LogP contribution in [0.2, 0.25) is 0 Å². The maximum atomic E-state index is 11.8. The van der Waals surface area contributed by atoms with E-state index in [-0.39, 0.29) is 17.4 Å². The molecular formula is C15H14N2O3. The third-order valence-electron chi connectivity index (χ3n) is 2.69. The van der Waals surface area contributed by atoms with Gasteiger partial charge < -0.3 is 10.2 Å². The molecule has 0 fully saturated rings. The first kappa shape index (κ1) is 13.5. The first-order valence-corrected chi connectivity index (χ1v) is 5.90. The molecule has 4 N–H and O–H groups in total. The Morgan fingerprint density at radius 1 is 0.950 bits per heavy atom. The van der Waals surface area contributed by atoms with Gasteiger partial charge in [-0.1, -0.05) is 18.7 Å². The molecule has 0 bridgehead atoms. The highest BCUT2D eigenvalue weighted by atomic mass is 16.3. The third kappa shape index (κ3) is 3.08. The van der Waals surface area contributed by atoms with Crippen LogP contribution >= 0.6 is 0 Å². The lowest BCUT2D eigenvalue weighted by Gasteiger charge is -2.12. The molecule has 5 heteroatoms. The van der Waals surface area contributed by atoms with Crippen LogP contribution in [0, 0.1) is 0 Å². The molecule has 5 nitrogen and oxygen atoms in total. The number of rotatable bonds is 4. The molecule has 1 amide bonds. The van der Waals surface area contributed by atoms with Gasteiger partial charge in [0.05, 0.1) is 5.70 Å². The number of nitrogens with one attached hydrogen (secondary N) is 2. The number of para-hydroxylation sites is 1. The standard InChI is InChI=1S/C15H14N2O3/c1-10(13-4-2-3-5-14(13)19)16-17-15(20)11-6-8-12(18)9-7-11/h2-9,16,18-19H,1H2,(H,17,20). The van der Waals surface area contributed by atoms with Gasteiger partial charge in [0.15, 0.2) is 0 Å². The Labute approximate surface area is 116 Å². The largest absolute Gasteiger partial charge is 0.508 e. The molecule has 0 heterocycles. The number of benzene rings is 2. The Kier molecular flexibility index (Phi) is 3.91. The molecule has 0 radical (unpaired) electrons. The molecule has 2 aromatic carbocycles. The van der Waals surface area contributed by atoms with Crippen molar-refractivity contribution >= 4 is 11.6 Å². The van der Waals surface area contributed by atoms with Crippen molar-refractivity contribution in [2.75, 3.05) is 0 Å². The lowest BCUT2D eigenvalue weighted by atomic mass is 10.1. The van der Waals surface area contributed by atoms with E-state index in [1.807, 2.05) is 0 Å². The van der Waals surface area contributed by atoms with Crippen molar-refractivity contribution in [1.29, 1.82) is 0 Å². The Bertz CT molecular complexity index is 636. The van der Waals surface area contributed by atoms with Crippen molar-refractivity contribution < 1.29 is 15.0 Å². The topological polar surface area (TPSA) is 81.6 Å². The minimum absolute atomic E-state index is 0.0730. The second-order valence-corrected chi connectivity index (χ2v) is 4.12. The van der Waals surface area contributed by atoms with Crippen molar-refractivity contribution in [2.45, 2.75) is 0 Å². The van der Waals surface area contributed by atoms with Gasteiger partial charge in [-0.3, -0.25) is 15.6 Å². The summed E-state index contributed by atoms with van der Waals surface area (Å²) in [5, 5.41) is 18.8. The van der Waals surface area contributed by atoms with E-state index in [1.165, 1.54) is 30.3 Å². The molecule has 102 valence electrons. The van der Waals surface area contributed by atoms with E-state index in [9.17, 15) is 9.90 Å². The molecule has 0 saturated heterocycles. The number of amides is 1. The highest BCUT2D eigenvalue weighted by molar-refractivity contribution is 5.94. The molecule has 2 rings (SSSR count). The Balaban J connectivity index is 1.99. The van der Waals surface area contributed by atoms with E-state index in [0.717, 1.165) is 0 Å². The van der Waals surface area contributed by atoms with Gasteiger partial charge in [0.25, 0.3) is 5.91 Å². The minimum Gasteiger partial charge on any atom is -0.508 e. The van der Waals surface area contributed by atoms with Gasteiger partial charge in [0, 0.05) is 11.1 Å². The van der Waals surface area contributed by atoms with Gasteiger partial charge in [-0.25, -0.2) is 0 Å².